The molecule has 1 heterocycles. The van der Waals surface area contributed by atoms with Crippen molar-refractivity contribution < 1.29 is 37.4 Å². The molecule has 0 saturated heterocycles. The second kappa shape index (κ2) is 13.4. The lowest BCUT2D eigenvalue weighted by atomic mass is 10.0. The number of halogens is 4. The van der Waals surface area contributed by atoms with Gasteiger partial charge in [0.1, 0.15) is 23.3 Å². The predicted molar refractivity (Wildman–Crippen MR) is 131 cm³/mol. The van der Waals surface area contributed by atoms with Crippen molar-refractivity contribution in [1.29, 1.82) is 0 Å². The molecule has 192 valence electrons. The Morgan fingerprint density at radius 1 is 1.20 bits per heavy atom. The van der Waals surface area contributed by atoms with Gasteiger partial charge in [-0.25, -0.2) is 0 Å². The first-order valence-corrected chi connectivity index (χ1v) is 13.3. The third-order valence-corrected chi connectivity index (χ3v) is 6.74. The lowest BCUT2D eigenvalue weighted by molar-refractivity contribution is -0.885. The highest BCUT2D eigenvalue weighted by atomic mass is 35.5. The minimum atomic E-state index is -3.00. The first-order chi connectivity index (χ1) is 16.8. The number of pyridine rings is 1. The van der Waals surface area contributed by atoms with E-state index in [1.165, 1.54) is 17.9 Å². The van der Waals surface area contributed by atoms with Crippen LogP contribution in [0.15, 0.2) is 30.6 Å². The van der Waals surface area contributed by atoms with Gasteiger partial charge in [-0.3, -0.25) is 9.63 Å². The van der Waals surface area contributed by atoms with Crippen LogP contribution in [-0.2, 0) is 16.0 Å². The Kier molecular flexibility index (Phi) is 10.5. The van der Waals surface area contributed by atoms with Gasteiger partial charge in [-0.15, -0.1) is 0 Å². The summed E-state index contributed by atoms with van der Waals surface area (Å²) in [5, 5.41) is 0.649. The van der Waals surface area contributed by atoms with Crippen LogP contribution < -0.4 is 19.0 Å². The SMILES string of the molecule is CO[n+]1cc(Cl)c(CC(OC(=O)CCCSC)c2ccc(OC(F)F)c(OCC3CC3)c2)c(Cl)c1. The Balaban J connectivity index is 1.91. The van der Waals surface area contributed by atoms with Crippen LogP contribution in [0.25, 0.3) is 0 Å². The first kappa shape index (κ1) is 27.6. The molecule has 1 aromatic carbocycles. The van der Waals surface area contributed by atoms with Crippen LogP contribution in [0.2, 0.25) is 10.0 Å². The number of esters is 1. The smallest absolute Gasteiger partial charge is 0.387 e. The quantitative estimate of drug-likeness (QED) is 0.171. The number of aromatic nitrogens is 1. The van der Waals surface area contributed by atoms with Gasteiger partial charge >= 0.3 is 12.6 Å². The Morgan fingerprint density at radius 2 is 1.91 bits per heavy atom. The zero-order valence-electron chi connectivity index (χ0n) is 19.5. The maximum Gasteiger partial charge on any atom is 0.387 e. The minimum Gasteiger partial charge on any atom is -0.489 e. The van der Waals surface area contributed by atoms with Crippen LogP contribution in [0, 0.1) is 5.92 Å². The van der Waals surface area contributed by atoms with E-state index in [9.17, 15) is 13.6 Å². The number of carbonyl (C=O) groups excluding carboxylic acids is 1. The van der Waals surface area contributed by atoms with Gasteiger partial charge in [0.2, 0.25) is 12.4 Å². The second-order valence-electron chi connectivity index (χ2n) is 8.09. The molecule has 35 heavy (non-hydrogen) atoms. The number of thioether (sulfide) groups is 1. The molecule has 1 atom stereocenters. The molecule has 0 N–H and O–H groups in total. The van der Waals surface area contributed by atoms with E-state index in [1.807, 2.05) is 6.26 Å². The van der Waals surface area contributed by atoms with E-state index in [4.69, 9.17) is 37.5 Å². The van der Waals surface area contributed by atoms with Crippen molar-refractivity contribution in [2.75, 3.05) is 25.7 Å². The van der Waals surface area contributed by atoms with Gasteiger partial charge in [-0.2, -0.15) is 20.5 Å². The number of hydrogen-bond donors (Lipinski definition) is 0. The lowest BCUT2D eigenvalue weighted by Crippen LogP contribution is -2.40. The average Bonchev–Trinajstić information content (AvgIpc) is 3.64. The summed E-state index contributed by atoms with van der Waals surface area (Å²) in [5.74, 6) is 0.934. The number of nitrogens with zero attached hydrogens (tertiary/aromatic N) is 1. The first-order valence-electron chi connectivity index (χ1n) is 11.1. The van der Waals surface area contributed by atoms with Crippen molar-refractivity contribution in [1.82, 2.24) is 0 Å². The molecule has 0 bridgehead atoms. The maximum atomic E-state index is 12.9. The summed E-state index contributed by atoms with van der Waals surface area (Å²) in [7, 11) is 1.47. The monoisotopic (exact) mass is 550 g/mol. The molecule has 0 amide bonds. The highest BCUT2D eigenvalue weighted by molar-refractivity contribution is 7.98. The molecule has 6 nitrogen and oxygen atoms in total. The van der Waals surface area contributed by atoms with E-state index in [1.54, 1.807) is 36.3 Å². The Labute approximate surface area is 217 Å². The van der Waals surface area contributed by atoms with Crippen LogP contribution >= 0.6 is 35.0 Å². The number of hydrogen-bond acceptors (Lipinski definition) is 6. The summed E-state index contributed by atoms with van der Waals surface area (Å²) < 4.78 is 43.5. The molecule has 0 spiro atoms. The van der Waals surface area contributed by atoms with Gasteiger partial charge in [-0.1, -0.05) is 29.3 Å². The summed E-state index contributed by atoms with van der Waals surface area (Å²) in [6.07, 6.45) is 7.42. The molecule has 1 saturated carbocycles. The van der Waals surface area contributed by atoms with E-state index < -0.39 is 12.7 Å². The zero-order chi connectivity index (χ0) is 25.4. The lowest BCUT2D eigenvalue weighted by Gasteiger charge is -2.21. The fraction of sp³-hybridized carbons (Fsp3) is 0.500. The molecule has 1 aliphatic carbocycles. The topological polar surface area (TPSA) is 57.9 Å². The third-order valence-electron chi connectivity index (χ3n) is 5.39. The maximum absolute atomic E-state index is 12.9. The number of alkyl halides is 2. The van der Waals surface area contributed by atoms with E-state index >= 15 is 0 Å². The molecule has 3 rings (SSSR count). The molecule has 1 aliphatic rings. The van der Waals surface area contributed by atoms with Gasteiger partial charge in [0.25, 0.3) is 0 Å². The Bertz CT molecular complexity index is 987. The van der Waals surface area contributed by atoms with Crippen molar-refractivity contribution in [2.24, 2.45) is 5.92 Å². The molecule has 1 fully saturated rings. The minimum absolute atomic E-state index is 0.0774. The van der Waals surface area contributed by atoms with Crippen LogP contribution in [0.3, 0.4) is 0 Å². The summed E-state index contributed by atoms with van der Waals surface area (Å²) in [4.78, 5) is 17.7. The normalized spacial score (nSPS) is 14.0. The van der Waals surface area contributed by atoms with Crippen molar-refractivity contribution in [2.45, 2.75) is 44.8 Å². The van der Waals surface area contributed by atoms with Crippen molar-refractivity contribution in [3.63, 3.8) is 0 Å². The van der Waals surface area contributed by atoms with Gasteiger partial charge in [0.15, 0.2) is 11.5 Å². The van der Waals surface area contributed by atoms with E-state index in [0.29, 0.717) is 40.1 Å². The van der Waals surface area contributed by atoms with Gasteiger partial charge < -0.3 is 14.2 Å². The van der Waals surface area contributed by atoms with Crippen LogP contribution in [-0.4, -0.2) is 38.3 Å². The number of carbonyl (C=O) groups is 1. The van der Waals surface area contributed by atoms with Gasteiger partial charge in [0, 0.05) is 23.1 Å². The van der Waals surface area contributed by atoms with Crippen LogP contribution in [0.5, 0.6) is 11.5 Å². The fourth-order valence-corrected chi connectivity index (χ4v) is 4.38. The largest absolute Gasteiger partial charge is 0.489 e. The van der Waals surface area contributed by atoms with E-state index in [0.717, 1.165) is 18.6 Å². The van der Waals surface area contributed by atoms with Crippen LogP contribution in [0.1, 0.15) is 42.9 Å². The highest BCUT2D eigenvalue weighted by Crippen LogP contribution is 2.37. The summed E-state index contributed by atoms with van der Waals surface area (Å²) in [6.45, 7) is -2.60. The number of ether oxygens (including phenoxy) is 3. The van der Waals surface area contributed by atoms with Crippen LogP contribution in [0.4, 0.5) is 8.78 Å². The van der Waals surface area contributed by atoms with Crippen molar-refractivity contribution in [3.05, 3.63) is 51.8 Å². The molecule has 11 heteroatoms. The third kappa shape index (κ3) is 8.58. The Hall–Kier alpha value is -1.97. The van der Waals surface area contributed by atoms with Gasteiger partial charge in [-0.05, 0) is 54.9 Å². The van der Waals surface area contributed by atoms with Gasteiger partial charge in [0.05, 0.1) is 6.61 Å². The van der Waals surface area contributed by atoms with E-state index in [2.05, 4.69) is 4.74 Å². The molecule has 1 unspecified atom stereocenters. The molecule has 0 aliphatic heterocycles. The molecular weight excluding hydrogens is 523 g/mol. The number of rotatable bonds is 14. The molecular formula is C24H28Cl2F2NO5S+. The zero-order valence-corrected chi connectivity index (χ0v) is 21.8. The molecule has 0 radical (unpaired) electrons. The summed E-state index contributed by atoms with van der Waals surface area (Å²) in [5.41, 5.74) is 1.10. The number of benzene rings is 1. The highest BCUT2D eigenvalue weighted by Gasteiger charge is 2.26. The molecule has 1 aromatic heterocycles. The Morgan fingerprint density at radius 3 is 2.51 bits per heavy atom. The van der Waals surface area contributed by atoms with Crippen molar-refractivity contribution in [3.8, 4) is 11.5 Å². The van der Waals surface area contributed by atoms with Crippen molar-refractivity contribution >= 4 is 40.9 Å². The average molecular weight is 551 g/mol. The molecule has 2 aromatic rings. The summed E-state index contributed by atoms with van der Waals surface area (Å²) in [6, 6.07) is 4.53. The predicted octanol–water partition coefficient (Wildman–Crippen LogP) is 5.70. The second-order valence-corrected chi connectivity index (χ2v) is 9.89. The summed E-state index contributed by atoms with van der Waals surface area (Å²) >= 11 is 14.5. The standard InChI is InChI=1S/C24H28Cl2F2NO5S/c1-31-29-12-18(25)17(19(26)13-29)11-21(33-23(30)4-3-9-35-2)16-7-8-20(34-24(27)28)22(10-16)32-14-15-5-6-15/h7-8,10,12-13,15,21,24H,3-6,9,11,14H2,1-2H3/q+1. The van der Waals surface area contributed by atoms with E-state index in [-0.39, 0.29) is 30.3 Å². The fourth-order valence-electron chi connectivity index (χ4n) is 3.35.